The Kier molecular flexibility index (Phi) is 3.80. The molecule has 0 spiro atoms. The van der Waals surface area contributed by atoms with E-state index < -0.39 is 0 Å². The Bertz CT molecular complexity index is 771. The molecule has 2 N–H and O–H groups in total. The lowest BCUT2D eigenvalue weighted by Gasteiger charge is -1.97. The van der Waals surface area contributed by atoms with E-state index in [1.54, 1.807) is 23.7 Å². The summed E-state index contributed by atoms with van der Waals surface area (Å²) in [7, 11) is 1.79. The summed E-state index contributed by atoms with van der Waals surface area (Å²) in [6.07, 6.45) is 0. The number of hydrogen-bond donors (Lipinski definition) is 1. The normalized spacial score (nSPS) is 11.0. The molecule has 0 saturated heterocycles. The molecule has 0 unspecified atom stereocenters. The second kappa shape index (κ2) is 5.74. The molecule has 2 aromatic heterocycles. The van der Waals surface area contributed by atoms with Gasteiger partial charge in [0.15, 0.2) is 5.16 Å². The summed E-state index contributed by atoms with van der Waals surface area (Å²) in [5, 5.41) is 13.0. The number of anilines is 1. The number of halogens is 1. The van der Waals surface area contributed by atoms with Crippen molar-refractivity contribution in [3.05, 3.63) is 35.2 Å². The van der Waals surface area contributed by atoms with Gasteiger partial charge in [-0.1, -0.05) is 40.7 Å². The second-order valence-corrected chi connectivity index (χ2v) is 5.59. The fourth-order valence-corrected chi connectivity index (χ4v) is 2.58. The van der Waals surface area contributed by atoms with Crippen molar-refractivity contribution in [2.45, 2.75) is 10.9 Å². The lowest BCUT2D eigenvalue weighted by atomic mass is 10.2. The monoisotopic (exact) mass is 322 g/mol. The number of rotatable bonds is 4. The van der Waals surface area contributed by atoms with E-state index in [0.717, 1.165) is 5.56 Å². The van der Waals surface area contributed by atoms with E-state index in [4.69, 9.17) is 21.9 Å². The molecule has 1 aromatic carbocycles. The van der Waals surface area contributed by atoms with E-state index in [2.05, 4.69) is 20.3 Å². The summed E-state index contributed by atoms with van der Waals surface area (Å²) in [6, 6.07) is 7.29. The van der Waals surface area contributed by atoms with Crippen molar-refractivity contribution in [3.8, 4) is 11.4 Å². The Labute approximate surface area is 129 Å². The van der Waals surface area contributed by atoms with Gasteiger partial charge in [0, 0.05) is 17.6 Å². The predicted molar refractivity (Wildman–Crippen MR) is 79.7 cm³/mol. The number of nitrogens with two attached hydrogens (primary N) is 1. The van der Waals surface area contributed by atoms with Crippen molar-refractivity contribution in [2.75, 3.05) is 5.73 Å². The molecule has 108 valence electrons. The van der Waals surface area contributed by atoms with Crippen LogP contribution in [-0.2, 0) is 12.8 Å². The van der Waals surface area contributed by atoms with Gasteiger partial charge in [0.25, 0.3) is 0 Å². The molecule has 0 bridgehead atoms. The zero-order chi connectivity index (χ0) is 14.8. The van der Waals surface area contributed by atoms with Gasteiger partial charge in [0.1, 0.15) is 0 Å². The van der Waals surface area contributed by atoms with Crippen molar-refractivity contribution in [2.24, 2.45) is 7.05 Å². The molecule has 2 heterocycles. The first-order valence-electron chi connectivity index (χ1n) is 5.99. The Balaban J connectivity index is 1.72. The van der Waals surface area contributed by atoms with Crippen LogP contribution in [0.15, 0.2) is 33.9 Å². The SMILES string of the molecule is Cn1c(N)nnc1SCc1nc(-c2cccc(Cl)c2)no1. The van der Waals surface area contributed by atoms with Crippen molar-refractivity contribution in [1.82, 2.24) is 24.9 Å². The molecule has 0 aliphatic rings. The lowest BCUT2D eigenvalue weighted by molar-refractivity contribution is 0.391. The van der Waals surface area contributed by atoms with Gasteiger partial charge in [0.2, 0.25) is 17.7 Å². The van der Waals surface area contributed by atoms with Crippen LogP contribution in [-0.4, -0.2) is 24.9 Å². The second-order valence-electron chi connectivity index (χ2n) is 4.21. The van der Waals surface area contributed by atoms with Gasteiger partial charge in [-0.3, -0.25) is 4.57 Å². The number of benzene rings is 1. The zero-order valence-corrected chi connectivity index (χ0v) is 12.6. The van der Waals surface area contributed by atoms with Gasteiger partial charge in [0.05, 0.1) is 5.75 Å². The van der Waals surface area contributed by atoms with Crippen LogP contribution < -0.4 is 5.73 Å². The van der Waals surface area contributed by atoms with Crippen molar-refractivity contribution in [1.29, 1.82) is 0 Å². The largest absolute Gasteiger partial charge is 0.368 e. The maximum Gasteiger partial charge on any atom is 0.237 e. The Morgan fingerprint density at radius 1 is 1.38 bits per heavy atom. The van der Waals surface area contributed by atoms with E-state index in [9.17, 15) is 0 Å². The van der Waals surface area contributed by atoms with Crippen molar-refractivity contribution < 1.29 is 4.52 Å². The Morgan fingerprint density at radius 3 is 2.95 bits per heavy atom. The molecule has 0 fully saturated rings. The van der Waals surface area contributed by atoms with Gasteiger partial charge in [-0.25, -0.2) is 0 Å². The molecular formula is C12H11ClN6OS. The van der Waals surface area contributed by atoms with Gasteiger partial charge in [-0.15, -0.1) is 10.2 Å². The van der Waals surface area contributed by atoms with Gasteiger partial charge in [-0.05, 0) is 12.1 Å². The highest BCUT2D eigenvalue weighted by molar-refractivity contribution is 7.98. The quantitative estimate of drug-likeness (QED) is 0.737. The number of nitrogen functional groups attached to an aromatic ring is 1. The molecule has 0 radical (unpaired) electrons. The van der Waals surface area contributed by atoms with Gasteiger partial charge < -0.3 is 10.3 Å². The third-order valence-electron chi connectivity index (χ3n) is 2.74. The molecule has 0 atom stereocenters. The van der Waals surface area contributed by atoms with Crippen LogP contribution in [0.4, 0.5) is 5.95 Å². The summed E-state index contributed by atoms with van der Waals surface area (Å²) in [4.78, 5) is 4.33. The van der Waals surface area contributed by atoms with Gasteiger partial charge in [-0.2, -0.15) is 4.98 Å². The molecule has 0 saturated carbocycles. The topological polar surface area (TPSA) is 95.7 Å². The fraction of sp³-hybridized carbons (Fsp3) is 0.167. The van der Waals surface area contributed by atoms with Crippen LogP contribution in [0.1, 0.15) is 5.89 Å². The molecule has 21 heavy (non-hydrogen) atoms. The first-order chi connectivity index (χ1) is 10.1. The lowest BCUT2D eigenvalue weighted by Crippen LogP contribution is -1.98. The molecule has 0 aliphatic heterocycles. The minimum Gasteiger partial charge on any atom is -0.368 e. The van der Waals surface area contributed by atoms with E-state index in [-0.39, 0.29) is 0 Å². The zero-order valence-electron chi connectivity index (χ0n) is 11.0. The van der Waals surface area contributed by atoms with Crippen LogP contribution >= 0.6 is 23.4 Å². The third-order valence-corrected chi connectivity index (χ3v) is 3.98. The standard InChI is InChI=1S/C12H11ClN6OS/c1-19-11(14)16-17-12(19)21-6-9-15-10(18-20-9)7-3-2-4-8(13)5-7/h2-5H,6H2,1H3,(H2,14,16). The van der Waals surface area contributed by atoms with Crippen LogP contribution in [0.3, 0.4) is 0 Å². The van der Waals surface area contributed by atoms with Crippen LogP contribution in [0.2, 0.25) is 5.02 Å². The molecule has 0 aliphatic carbocycles. The number of nitrogens with zero attached hydrogens (tertiary/aromatic N) is 5. The maximum atomic E-state index is 5.94. The summed E-state index contributed by atoms with van der Waals surface area (Å²) in [5.74, 6) is 1.85. The van der Waals surface area contributed by atoms with Gasteiger partial charge >= 0.3 is 0 Å². The van der Waals surface area contributed by atoms with Crippen LogP contribution in [0, 0.1) is 0 Å². The van der Waals surface area contributed by atoms with Crippen molar-refractivity contribution >= 4 is 29.3 Å². The minimum absolute atomic E-state index is 0.364. The van der Waals surface area contributed by atoms with E-state index in [0.29, 0.717) is 33.6 Å². The average molecular weight is 323 g/mol. The molecule has 3 aromatic rings. The van der Waals surface area contributed by atoms with Crippen LogP contribution in [0.25, 0.3) is 11.4 Å². The summed E-state index contributed by atoms with van der Waals surface area (Å²) in [6.45, 7) is 0. The summed E-state index contributed by atoms with van der Waals surface area (Å²) >= 11 is 7.36. The highest BCUT2D eigenvalue weighted by Crippen LogP contribution is 2.24. The smallest absolute Gasteiger partial charge is 0.237 e. The summed E-state index contributed by atoms with van der Waals surface area (Å²) < 4.78 is 6.91. The Hall–Kier alpha value is -2.06. The van der Waals surface area contributed by atoms with E-state index in [1.165, 1.54) is 11.8 Å². The van der Waals surface area contributed by atoms with Crippen molar-refractivity contribution in [3.63, 3.8) is 0 Å². The molecule has 3 rings (SSSR count). The molecule has 9 heteroatoms. The highest BCUT2D eigenvalue weighted by atomic mass is 35.5. The number of hydrogen-bond acceptors (Lipinski definition) is 7. The summed E-state index contributed by atoms with van der Waals surface area (Å²) in [5.41, 5.74) is 6.43. The highest BCUT2D eigenvalue weighted by Gasteiger charge is 2.12. The van der Waals surface area contributed by atoms with E-state index in [1.807, 2.05) is 12.1 Å². The molecule has 0 amide bonds. The Morgan fingerprint density at radius 2 is 2.24 bits per heavy atom. The van der Waals surface area contributed by atoms with Crippen LogP contribution in [0.5, 0.6) is 0 Å². The predicted octanol–water partition coefficient (Wildman–Crippen LogP) is 2.39. The number of thioether (sulfide) groups is 1. The molecular weight excluding hydrogens is 312 g/mol. The minimum atomic E-state index is 0.364. The first kappa shape index (κ1) is 13.9. The number of aromatic nitrogens is 5. The maximum absolute atomic E-state index is 5.94. The first-order valence-corrected chi connectivity index (χ1v) is 7.36. The third kappa shape index (κ3) is 3.01. The molecule has 7 nitrogen and oxygen atoms in total. The van der Waals surface area contributed by atoms with E-state index >= 15 is 0 Å². The average Bonchev–Trinajstić information content (AvgIpc) is 3.06. The fourth-order valence-electron chi connectivity index (χ4n) is 1.64.